The van der Waals surface area contributed by atoms with Crippen LogP contribution in [0.1, 0.15) is 27.7 Å². The van der Waals surface area contributed by atoms with Crippen LogP contribution in [0.4, 0.5) is 0 Å². The van der Waals surface area contributed by atoms with Gasteiger partial charge in [-0.3, -0.25) is 4.99 Å². The molecule has 0 fully saturated rings. The monoisotopic (exact) mass is 156 g/mol. The van der Waals surface area contributed by atoms with E-state index in [0.29, 0.717) is 6.04 Å². The Hall–Kier alpha value is -0.790. The summed E-state index contributed by atoms with van der Waals surface area (Å²) < 4.78 is 0. The second kappa shape index (κ2) is 9.21. The average Bonchev–Trinajstić information content (AvgIpc) is 2.03. The lowest BCUT2D eigenvalue weighted by Crippen LogP contribution is -2.22. The van der Waals surface area contributed by atoms with Gasteiger partial charge in [-0.1, -0.05) is 20.4 Å². The first kappa shape index (κ1) is 12.8. The summed E-state index contributed by atoms with van der Waals surface area (Å²) in [6.45, 7) is 11.8. The average molecular weight is 156 g/mol. The predicted molar refractivity (Wildman–Crippen MR) is 52.9 cm³/mol. The summed E-state index contributed by atoms with van der Waals surface area (Å²) in [5, 5.41) is 0. The van der Waals surface area contributed by atoms with E-state index in [1.807, 2.05) is 18.7 Å². The molecule has 11 heavy (non-hydrogen) atoms. The summed E-state index contributed by atoms with van der Waals surface area (Å²) in [6.07, 6.45) is 3.52. The zero-order valence-electron chi connectivity index (χ0n) is 8.33. The van der Waals surface area contributed by atoms with E-state index in [0.717, 1.165) is 0 Å². The number of aliphatic imine (C=N–C) groups is 1. The highest BCUT2D eigenvalue weighted by atomic mass is 15.1. The highest BCUT2D eigenvalue weighted by Crippen LogP contribution is 1.92. The Morgan fingerprint density at radius 1 is 1.36 bits per heavy atom. The molecule has 0 bridgehead atoms. The largest absolute Gasteiger partial charge is 0.337 e. The van der Waals surface area contributed by atoms with Crippen molar-refractivity contribution >= 4 is 6.34 Å². The first-order valence-corrected chi connectivity index (χ1v) is 4.04. The fourth-order valence-corrected chi connectivity index (χ4v) is 0.525. The van der Waals surface area contributed by atoms with E-state index in [2.05, 4.69) is 25.4 Å². The van der Waals surface area contributed by atoms with Crippen molar-refractivity contribution in [2.75, 3.05) is 7.05 Å². The Morgan fingerprint density at radius 2 is 1.82 bits per heavy atom. The van der Waals surface area contributed by atoms with Crippen LogP contribution in [0.2, 0.25) is 0 Å². The maximum absolute atomic E-state index is 3.86. The molecule has 0 atom stereocenters. The second-order valence-corrected chi connectivity index (χ2v) is 2.10. The molecule has 0 unspecified atom stereocenters. The summed E-state index contributed by atoms with van der Waals surface area (Å²) in [7, 11) is 1.75. The van der Waals surface area contributed by atoms with Gasteiger partial charge < -0.3 is 4.90 Å². The van der Waals surface area contributed by atoms with Gasteiger partial charge in [0, 0.05) is 13.1 Å². The molecule has 0 aromatic carbocycles. The molecule has 0 aliphatic heterocycles. The molecule has 66 valence electrons. The molecular formula is C9H20N2. The van der Waals surface area contributed by atoms with Crippen LogP contribution in [0.25, 0.3) is 0 Å². The summed E-state index contributed by atoms with van der Waals surface area (Å²) in [5.74, 6) is 0. The first-order chi connectivity index (χ1) is 5.22. The van der Waals surface area contributed by atoms with Gasteiger partial charge in [-0.05, 0) is 20.0 Å². The number of hydrogen-bond donors (Lipinski definition) is 0. The molecule has 0 N–H and O–H groups in total. The summed E-state index contributed by atoms with van der Waals surface area (Å²) in [4.78, 5) is 5.80. The van der Waals surface area contributed by atoms with E-state index < -0.39 is 0 Å². The van der Waals surface area contributed by atoms with Crippen LogP contribution in [0.15, 0.2) is 17.8 Å². The predicted octanol–water partition coefficient (Wildman–Crippen LogP) is 2.52. The fraction of sp³-hybridized carbons (Fsp3) is 0.667. The standard InChI is InChI=1S/C7H14N2.C2H6/c1-5-9(6-8-4)7(2)3;1-2/h5-7H,1H2,2-4H3;1-2H3. The molecule has 0 aliphatic rings. The van der Waals surface area contributed by atoms with Crippen molar-refractivity contribution in [2.24, 2.45) is 4.99 Å². The molecule has 0 saturated carbocycles. The summed E-state index contributed by atoms with van der Waals surface area (Å²) >= 11 is 0. The minimum atomic E-state index is 0.450. The summed E-state index contributed by atoms with van der Waals surface area (Å²) in [5.41, 5.74) is 0. The van der Waals surface area contributed by atoms with Crippen molar-refractivity contribution in [1.82, 2.24) is 4.90 Å². The molecule has 0 heterocycles. The van der Waals surface area contributed by atoms with Crippen LogP contribution in [0.5, 0.6) is 0 Å². The molecule has 0 spiro atoms. The van der Waals surface area contributed by atoms with Crippen LogP contribution in [0.3, 0.4) is 0 Å². The minimum Gasteiger partial charge on any atom is -0.337 e. The normalized spacial score (nSPS) is 9.27. The van der Waals surface area contributed by atoms with Gasteiger partial charge >= 0.3 is 0 Å². The van der Waals surface area contributed by atoms with Crippen LogP contribution < -0.4 is 0 Å². The zero-order chi connectivity index (χ0) is 9.28. The van der Waals surface area contributed by atoms with E-state index in [-0.39, 0.29) is 0 Å². The van der Waals surface area contributed by atoms with Gasteiger partial charge in [0.05, 0.1) is 6.34 Å². The van der Waals surface area contributed by atoms with Gasteiger partial charge in [-0.15, -0.1) is 0 Å². The second-order valence-electron chi connectivity index (χ2n) is 2.10. The molecule has 2 nitrogen and oxygen atoms in total. The van der Waals surface area contributed by atoms with Crippen molar-refractivity contribution in [3.05, 3.63) is 12.8 Å². The quantitative estimate of drug-likeness (QED) is 0.453. The fourth-order valence-electron chi connectivity index (χ4n) is 0.525. The number of hydrogen-bond acceptors (Lipinski definition) is 1. The molecule has 0 amide bonds. The van der Waals surface area contributed by atoms with Gasteiger partial charge in [0.25, 0.3) is 0 Å². The maximum Gasteiger partial charge on any atom is 0.0888 e. The maximum atomic E-state index is 3.86. The number of nitrogens with zero attached hydrogens (tertiary/aromatic N) is 2. The van der Waals surface area contributed by atoms with Gasteiger partial charge in [-0.2, -0.15) is 0 Å². The zero-order valence-corrected chi connectivity index (χ0v) is 8.33. The van der Waals surface area contributed by atoms with Crippen LogP contribution in [-0.2, 0) is 0 Å². The van der Waals surface area contributed by atoms with Crippen LogP contribution in [0, 0.1) is 0 Å². The molecule has 0 aromatic rings. The molecule has 2 heteroatoms. The van der Waals surface area contributed by atoms with E-state index >= 15 is 0 Å². The highest BCUT2D eigenvalue weighted by molar-refractivity contribution is 5.56. The third kappa shape index (κ3) is 7.10. The molecular weight excluding hydrogens is 136 g/mol. The number of rotatable bonds is 3. The Kier molecular flexibility index (Phi) is 10.8. The molecule has 0 radical (unpaired) electrons. The SMILES string of the molecule is C=CN(C=NC)C(C)C.CC. The minimum absolute atomic E-state index is 0.450. The highest BCUT2D eigenvalue weighted by Gasteiger charge is 1.96. The van der Waals surface area contributed by atoms with Crippen molar-refractivity contribution in [1.29, 1.82) is 0 Å². The molecule has 0 aromatic heterocycles. The van der Waals surface area contributed by atoms with Gasteiger partial charge in [-0.25, -0.2) is 0 Å². The Bertz CT molecular complexity index is 106. The third-order valence-corrected chi connectivity index (χ3v) is 1.06. The van der Waals surface area contributed by atoms with Gasteiger partial charge in [0.1, 0.15) is 0 Å². The Labute approximate surface area is 70.6 Å². The van der Waals surface area contributed by atoms with Crippen molar-refractivity contribution < 1.29 is 0 Å². The lowest BCUT2D eigenvalue weighted by Gasteiger charge is -2.17. The van der Waals surface area contributed by atoms with E-state index in [1.54, 1.807) is 19.6 Å². The topological polar surface area (TPSA) is 15.6 Å². The molecule has 0 saturated heterocycles. The molecule has 0 rings (SSSR count). The smallest absolute Gasteiger partial charge is 0.0888 e. The van der Waals surface area contributed by atoms with Crippen molar-refractivity contribution in [3.63, 3.8) is 0 Å². The Balaban J connectivity index is 0. The van der Waals surface area contributed by atoms with Crippen LogP contribution >= 0.6 is 0 Å². The lowest BCUT2D eigenvalue weighted by atomic mass is 10.4. The first-order valence-electron chi connectivity index (χ1n) is 4.04. The van der Waals surface area contributed by atoms with Crippen LogP contribution in [-0.4, -0.2) is 24.3 Å². The van der Waals surface area contributed by atoms with E-state index in [4.69, 9.17) is 0 Å². The Morgan fingerprint density at radius 3 is 1.91 bits per heavy atom. The molecule has 0 aliphatic carbocycles. The summed E-state index contributed by atoms with van der Waals surface area (Å²) in [6, 6.07) is 0.450. The van der Waals surface area contributed by atoms with E-state index in [9.17, 15) is 0 Å². The third-order valence-electron chi connectivity index (χ3n) is 1.06. The van der Waals surface area contributed by atoms with Crippen molar-refractivity contribution in [2.45, 2.75) is 33.7 Å². The lowest BCUT2D eigenvalue weighted by molar-refractivity contribution is 0.472. The van der Waals surface area contributed by atoms with Crippen molar-refractivity contribution in [3.8, 4) is 0 Å². The van der Waals surface area contributed by atoms with Gasteiger partial charge in [0.2, 0.25) is 0 Å². The van der Waals surface area contributed by atoms with Gasteiger partial charge in [0.15, 0.2) is 0 Å². The van der Waals surface area contributed by atoms with E-state index in [1.165, 1.54) is 0 Å².